The minimum atomic E-state index is -0.360. The van der Waals surface area contributed by atoms with Crippen molar-refractivity contribution in [3.05, 3.63) is 66.4 Å². The third-order valence-corrected chi connectivity index (χ3v) is 5.20. The van der Waals surface area contributed by atoms with Crippen molar-refractivity contribution in [2.75, 3.05) is 23.5 Å². The maximum atomic E-state index is 12.3. The number of imidazole rings is 1. The molecule has 0 aliphatic rings. The van der Waals surface area contributed by atoms with Crippen LogP contribution in [0, 0.1) is 0 Å². The second kappa shape index (κ2) is 10.5. The van der Waals surface area contributed by atoms with Crippen LogP contribution in [0.2, 0.25) is 0 Å². The number of hydrogen-bond acceptors (Lipinski definition) is 6. The molecule has 0 aliphatic carbocycles. The van der Waals surface area contributed by atoms with Crippen LogP contribution in [0.4, 0.5) is 5.69 Å². The Bertz CT molecular complexity index is 987. The van der Waals surface area contributed by atoms with E-state index in [2.05, 4.69) is 10.3 Å². The number of carbonyl (C=O) groups excluding carboxylic acids is 2. The summed E-state index contributed by atoms with van der Waals surface area (Å²) in [6.45, 7) is 2.45. The third kappa shape index (κ3) is 5.87. The predicted molar refractivity (Wildman–Crippen MR) is 119 cm³/mol. The maximum Gasteiger partial charge on any atom is 0.338 e. The molecule has 7 nitrogen and oxygen atoms in total. The first kappa shape index (κ1) is 21.4. The maximum absolute atomic E-state index is 12.3. The lowest BCUT2D eigenvalue weighted by atomic mass is 10.2. The van der Waals surface area contributed by atoms with Crippen molar-refractivity contribution in [1.82, 2.24) is 9.66 Å². The molecule has 0 unspecified atom stereocenters. The summed E-state index contributed by atoms with van der Waals surface area (Å²) in [5, 5.41) is 3.35. The Morgan fingerprint density at radius 2 is 1.87 bits per heavy atom. The van der Waals surface area contributed by atoms with E-state index in [0.29, 0.717) is 23.0 Å². The molecule has 0 atom stereocenters. The fraction of sp³-hybridized carbons (Fsp3) is 0.227. The summed E-state index contributed by atoms with van der Waals surface area (Å²) < 4.78 is 6.59. The molecule has 2 aromatic carbocycles. The topological polar surface area (TPSA) is 99.2 Å². The van der Waals surface area contributed by atoms with E-state index in [1.165, 1.54) is 16.4 Å². The monoisotopic (exact) mass is 424 g/mol. The van der Waals surface area contributed by atoms with Gasteiger partial charge in [-0.1, -0.05) is 55.4 Å². The highest BCUT2D eigenvalue weighted by Gasteiger charge is 2.12. The first-order valence-electron chi connectivity index (χ1n) is 9.66. The zero-order valence-electron chi connectivity index (χ0n) is 16.7. The number of unbranched alkanes of at least 4 members (excludes halogenated alkanes) is 1. The molecule has 0 fully saturated rings. The van der Waals surface area contributed by atoms with E-state index in [1.807, 2.05) is 37.3 Å². The Kier molecular flexibility index (Phi) is 7.51. The minimum absolute atomic E-state index is 0.156. The molecule has 30 heavy (non-hydrogen) atoms. The Hall–Kier alpha value is -3.26. The average Bonchev–Trinajstić information content (AvgIpc) is 3.14. The second-order valence-corrected chi connectivity index (χ2v) is 7.53. The number of esters is 1. The molecule has 3 N–H and O–H groups in total. The van der Waals surface area contributed by atoms with Gasteiger partial charge in [-0.15, -0.1) is 0 Å². The van der Waals surface area contributed by atoms with Crippen LogP contribution < -0.4 is 11.2 Å². The number of benzene rings is 2. The van der Waals surface area contributed by atoms with E-state index >= 15 is 0 Å². The van der Waals surface area contributed by atoms with Crippen molar-refractivity contribution in [3.63, 3.8) is 0 Å². The number of carbonyl (C=O) groups is 2. The molecular weight excluding hydrogens is 400 g/mol. The van der Waals surface area contributed by atoms with Gasteiger partial charge in [0.05, 0.1) is 29.8 Å². The van der Waals surface area contributed by atoms with Gasteiger partial charge in [-0.25, -0.2) is 14.5 Å². The molecule has 8 heteroatoms. The molecule has 1 heterocycles. The lowest BCUT2D eigenvalue weighted by molar-refractivity contribution is -0.113. The minimum Gasteiger partial charge on any atom is -0.462 e. The largest absolute Gasteiger partial charge is 0.462 e. The summed E-state index contributed by atoms with van der Waals surface area (Å²) in [5.74, 6) is 5.57. The molecule has 0 aliphatic heterocycles. The summed E-state index contributed by atoms with van der Waals surface area (Å²) in [4.78, 5) is 28.7. The predicted octanol–water partition coefficient (Wildman–Crippen LogP) is 3.95. The number of anilines is 1. The SMILES string of the molecule is CCCCOC(=O)c1ccc(NC(=O)CSc2nc(-c3ccccc3)cn2N)cc1. The molecule has 0 bridgehead atoms. The van der Waals surface area contributed by atoms with Crippen LogP contribution in [-0.2, 0) is 9.53 Å². The Morgan fingerprint density at radius 3 is 2.57 bits per heavy atom. The summed E-state index contributed by atoms with van der Waals surface area (Å²) in [7, 11) is 0. The highest BCUT2D eigenvalue weighted by atomic mass is 32.2. The molecule has 1 amide bonds. The van der Waals surface area contributed by atoms with E-state index in [9.17, 15) is 9.59 Å². The van der Waals surface area contributed by atoms with Gasteiger partial charge in [0, 0.05) is 11.3 Å². The van der Waals surface area contributed by atoms with Crippen LogP contribution in [0.25, 0.3) is 11.3 Å². The van der Waals surface area contributed by atoms with Crippen LogP contribution in [0.15, 0.2) is 66.0 Å². The highest BCUT2D eigenvalue weighted by molar-refractivity contribution is 7.99. The first-order valence-corrected chi connectivity index (χ1v) is 10.6. The van der Waals surface area contributed by atoms with Crippen LogP contribution in [0.5, 0.6) is 0 Å². The van der Waals surface area contributed by atoms with E-state index in [4.69, 9.17) is 10.6 Å². The number of amides is 1. The first-order chi connectivity index (χ1) is 14.6. The number of nitrogens with two attached hydrogens (primary N) is 1. The lowest BCUT2D eigenvalue weighted by Crippen LogP contribution is -2.16. The molecule has 0 saturated carbocycles. The Morgan fingerprint density at radius 1 is 1.13 bits per heavy atom. The van der Waals surface area contributed by atoms with Gasteiger partial charge in [0.1, 0.15) is 0 Å². The van der Waals surface area contributed by atoms with Crippen LogP contribution >= 0.6 is 11.8 Å². The lowest BCUT2D eigenvalue weighted by Gasteiger charge is -2.07. The summed E-state index contributed by atoms with van der Waals surface area (Å²) in [6, 6.07) is 16.3. The average molecular weight is 425 g/mol. The van der Waals surface area contributed by atoms with Crippen LogP contribution in [0.3, 0.4) is 0 Å². The third-order valence-electron chi connectivity index (χ3n) is 4.24. The Labute approximate surface area is 179 Å². The van der Waals surface area contributed by atoms with Crippen LogP contribution in [-0.4, -0.2) is 33.9 Å². The smallest absolute Gasteiger partial charge is 0.338 e. The van der Waals surface area contributed by atoms with Gasteiger partial charge in [-0.2, -0.15) is 0 Å². The van der Waals surface area contributed by atoms with E-state index in [0.717, 1.165) is 24.1 Å². The molecular formula is C22H24N4O3S. The highest BCUT2D eigenvalue weighted by Crippen LogP contribution is 2.23. The van der Waals surface area contributed by atoms with Gasteiger partial charge in [0.25, 0.3) is 0 Å². The summed E-state index contributed by atoms with van der Waals surface area (Å²) in [6.07, 6.45) is 3.54. The van der Waals surface area contributed by atoms with Crippen molar-refractivity contribution in [2.45, 2.75) is 24.9 Å². The van der Waals surface area contributed by atoms with Gasteiger partial charge in [-0.05, 0) is 30.7 Å². The van der Waals surface area contributed by atoms with E-state index in [-0.39, 0.29) is 17.6 Å². The number of nitrogens with one attached hydrogen (secondary N) is 1. The van der Waals surface area contributed by atoms with Gasteiger partial charge < -0.3 is 15.9 Å². The number of hydrogen-bond donors (Lipinski definition) is 2. The molecule has 3 aromatic rings. The molecule has 0 radical (unpaired) electrons. The number of rotatable bonds is 9. The van der Waals surface area contributed by atoms with Crippen molar-refractivity contribution in [3.8, 4) is 11.3 Å². The number of thioether (sulfide) groups is 1. The number of aromatic nitrogens is 2. The number of ether oxygens (including phenoxy) is 1. The van der Waals surface area contributed by atoms with E-state index in [1.54, 1.807) is 30.5 Å². The van der Waals surface area contributed by atoms with Gasteiger partial charge in [-0.3, -0.25) is 4.79 Å². The second-order valence-electron chi connectivity index (χ2n) is 6.59. The van der Waals surface area contributed by atoms with Crippen molar-refractivity contribution in [2.24, 2.45) is 0 Å². The normalized spacial score (nSPS) is 10.6. The quantitative estimate of drug-likeness (QED) is 0.234. The number of nitrogens with zero attached hydrogens (tertiary/aromatic N) is 2. The van der Waals surface area contributed by atoms with Gasteiger partial charge in [0.2, 0.25) is 5.91 Å². The van der Waals surface area contributed by atoms with Crippen molar-refractivity contribution in [1.29, 1.82) is 0 Å². The molecule has 3 rings (SSSR count). The summed E-state index contributed by atoms with van der Waals surface area (Å²) >= 11 is 1.25. The fourth-order valence-electron chi connectivity index (χ4n) is 2.64. The standard InChI is InChI=1S/C22H24N4O3S/c1-2-3-13-29-21(28)17-9-11-18(12-10-17)24-20(27)15-30-22-25-19(14-26(22)23)16-7-5-4-6-8-16/h4-12,14H,2-3,13,15,23H2,1H3,(H,24,27). The van der Waals surface area contributed by atoms with Crippen LogP contribution in [0.1, 0.15) is 30.1 Å². The molecule has 0 saturated heterocycles. The molecule has 156 valence electrons. The van der Waals surface area contributed by atoms with Gasteiger partial charge in [0.15, 0.2) is 5.16 Å². The van der Waals surface area contributed by atoms with Crippen molar-refractivity contribution >= 4 is 29.3 Å². The fourth-order valence-corrected chi connectivity index (χ4v) is 3.34. The van der Waals surface area contributed by atoms with Crippen molar-refractivity contribution < 1.29 is 14.3 Å². The van der Waals surface area contributed by atoms with E-state index < -0.39 is 0 Å². The number of nitrogen functional groups attached to an aromatic ring is 1. The molecule has 1 aromatic heterocycles. The zero-order valence-corrected chi connectivity index (χ0v) is 17.5. The molecule has 0 spiro atoms. The van der Waals surface area contributed by atoms with Gasteiger partial charge >= 0.3 is 5.97 Å². The summed E-state index contributed by atoms with van der Waals surface area (Å²) in [5.41, 5.74) is 2.77. The zero-order chi connectivity index (χ0) is 21.3. The Balaban J connectivity index is 1.51.